The Morgan fingerprint density at radius 3 is 2.78 bits per heavy atom. The molecular formula is C16H26N4O2S. The van der Waals surface area contributed by atoms with Gasteiger partial charge in [-0.2, -0.15) is 0 Å². The van der Waals surface area contributed by atoms with E-state index in [1.54, 1.807) is 17.5 Å². The van der Waals surface area contributed by atoms with E-state index in [9.17, 15) is 4.79 Å². The lowest BCUT2D eigenvalue weighted by molar-refractivity contribution is 0.0258. The second-order valence-corrected chi connectivity index (χ2v) is 7.23. The van der Waals surface area contributed by atoms with E-state index in [4.69, 9.17) is 4.74 Å². The molecule has 0 spiro atoms. The van der Waals surface area contributed by atoms with Gasteiger partial charge in [0.15, 0.2) is 0 Å². The van der Waals surface area contributed by atoms with Crippen molar-refractivity contribution in [2.75, 3.05) is 52.5 Å². The van der Waals surface area contributed by atoms with Gasteiger partial charge in [0.05, 0.1) is 18.2 Å². The monoisotopic (exact) mass is 338 g/mol. The number of amides is 2. The molecule has 1 aromatic heterocycles. The zero-order valence-corrected chi connectivity index (χ0v) is 14.4. The molecule has 2 fully saturated rings. The molecule has 7 heteroatoms. The fourth-order valence-corrected chi connectivity index (χ4v) is 3.85. The number of aromatic nitrogens is 1. The molecule has 23 heavy (non-hydrogen) atoms. The number of rotatable bonds is 5. The number of likely N-dealkylation sites (tertiary alicyclic amines) is 1. The molecule has 2 saturated heterocycles. The van der Waals surface area contributed by atoms with Crippen LogP contribution in [0.5, 0.6) is 0 Å². The third-order valence-electron chi connectivity index (χ3n) is 4.62. The van der Waals surface area contributed by atoms with Crippen LogP contribution in [0.15, 0.2) is 11.6 Å². The fraction of sp³-hybridized carbons (Fsp3) is 0.750. The quantitative estimate of drug-likeness (QED) is 0.883. The Morgan fingerprint density at radius 1 is 1.30 bits per heavy atom. The minimum absolute atomic E-state index is 0.0754. The van der Waals surface area contributed by atoms with Crippen molar-refractivity contribution in [3.8, 4) is 0 Å². The number of carbonyl (C=O) groups is 1. The van der Waals surface area contributed by atoms with Gasteiger partial charge in [0.25, 0.3) is 0 Å². The number of hydrogen-bond donors (Lipinski definition) is 1. The standard InChI is InChI=1S/C16H26N4O2S/c21-16(18-4-1-15-17-5-12-23-15)20-6-2-14(3-7-20)13-19-8-10-22-11-9-19/h5,12,14H,1-4,6-11,13H2,(H,18,21). The number of thiazole rings is 1. The van der Waals surface area contributed by atoms with Crippen molar-refractivity contribution in [3.63, 3.8) is 0 Å². The van der Waals surface area contributed by atoms with Crippen LogP contribution in [-0.2, 0) is 11.2 Å². The van der Waals surface area contributed by atoms with E-state index in [2.05, 4.69) is 15.2 Å². The van der Waals surface area contributed by atoms with Crippen molar-refractivity contribution >= 4 is 17.4 Å². The van der Waals surface area contributed by atoms with Gasteiger partial charge in [0, 0.05) is 57.3 Å². The molecule has 128 valence electrons. The molecule has 0 atom stereocenters. The van der Waals surface area contributed by atoms with Crippen LogP contribution in [-0.4, -0.2) is 73.3 Å². The molecule has 0 bridgehead atoms. The van der Waals surface area contributed by atoms with Crippen LogP contribution in [0.1, 0.15) is 17.8 Å². The van der Waals surface area contributed by atoms with Crippen LogP contribution < -0.4 is 5.32 Å². The SMILES string of the molecule is O=C(NCCc1nccs1)N1CCC(CN2CCOCC2)CC1. The highest BCUT2D eigenvalue weighted by Crippen LogP contribution is 2.19. The number of nitrogens with zero attached hydrogens (tertiary/aromatic N) is 3. The summed E-state index contributed by atoms with van der Waals surface area (Å²) in [5, 5.41) is 6.06. The topological polar surface area (TPSA) is 57.7 Å². The van der Waals surface area contributed by atoms with Crippen LogP contribution in [0, 0.1) is 5.92 Å². The number of piperidine rings is 1. The van der Waals surface area contributed by atoms with Gasteiger partial charge in [0.1, 0.15) is 0 Å². The first-order valence-electron chi connectivity index (χ1n) is 8.52. The summed E-state index contributed by atoms with van der Waals surface area (Å²) in [6.07, 6.45) is 4.84. The van der Waals surface area contributed by atoms with Crippen LogP contribution in [0.25, 0.3) is 0 Å². The Hall–Kier alpha value is -1.18. The summed E-state index contributed by atoms with van der Waals surface area (Å²) in [5.74, 6) is 0.715. The lowest BCUT2D eigenvalue weighted by Crippen LogP contribution is -2.47. The lowest BCUT2D eigenvalue weighted by atomic mass is 9.96. The number of ether oxygens (including phenoxy) is 1. The van der Waals surface area contributed by atoms with Crippen LogP contribution in [0.2, 0.25) is 0 Å². The molecule has 0 unspecified atom stereocenters. The maximum absolute atomic E-state index is 12.2. The second kappa shape index (κ2) is 8.61. The summed E-state index contributed by atoms with van der Waals surface area (Å²) in [6, 6.07) is 0.0754. The highest BCUT2D eigenvalue weighted by atomic mass is 32.1. The largest absolute Gasteiger partial charge is 0.379 e. The molecule has 2 aliphatic rings. The van der Waals surface area contributed by atoms with Gasteiger partial charge in [-0.25, -0.2) is 9.78 Å². The van der Waals surface area contributed by atoms with Crippen molar-refractivity contribution < 1.29 is 9.53 Å². The van der Waals surface area contributed by atoms with Gasteiger partial charge in [-0.3, -0.25) is 4.90 Å². The van der Waals surface area contributed by atoms with E-state index in [0.29, 0.717) is 12.5 Å². The van der Waals surface area contributed by atoms with Gasteiger partial charge in [-0.1, -0.05) is 0 Å². The Bertz CT molecular complexity index is 468. The molecule has 2 aliphatic heterocycles. The van der Waals surface area contributed by atoms with Crippen LogP contribution >= 0.6 is 11.3 Å². The van der Waals surface area contributed by atoms with E-state index in [1.165, 1.54) is 0 Å². The summed E-state index contributed by atoms with van der Waals surface area (Å²) in [4.78, 5) is 20.9. The zero-order valence-electron chi connectivity index (χ0n) is 13.6. The highest BCUT2D eigenvalue weighted by Gasteiger charge is 2.24. The molecule has 3 heterocycles. The highest BCUT2D eigenvalue weighted by molar-refractivity contribution is 7.09. The Balaban J connectivity index is 1.32. The molecule has 3 rings (SSSR count). The number of hydrogen-bond acceptors (Lipinski definition) is 5. The predicted octanol–water partition coefficient (Wildman–Crippen LogP) is 1.44. The Kier molecular flexibility index (Phi) is 6.24. The summed E-state index contributed by atoms with van der Waals surface area (Å²) < 4.78 is 5.40. The first kappa shape index (κ1) is 16.7. The Morgan fingerprint density at radius 2 is 2.09 bits per heavy atom. The van der Waals surface area contributed by atoms with E-state index in [1.807, 2.05) is 10.3 Å². The van der Waals surface area contributed by atoms with E-state index in [0.717, 1.165) is 70.2 Å². The molecule has 1 N–H and O–H groups in total. The van der Waals surface area contributed by atoms with Gasteiger partial charge in [-0.05, 0) is 18.8 Å². The molecule has 2 amide bonds. The minimum atomic E-state index is 0.0754. The van der Waals surface area contributed by atoms with Crippen molar-refractivity contribution in [3.05, 3.63) is 16.6 Å². The van der Waals surface area contributed by atoms with Gasteiger partial charge in [-0.15, -0.1) is 11.3 Å². The van der Waals surface area contributed by atoms with Crippen LogP contribution in [0.3, 0.4) is 0 Å². The van der Waals surface area contributed by atoms with Gasteiger partial charge < -0.3 is 15.0 Å². The average molecular weight is 338 g/mol. The third kappa shape index (κ3) is 5.16. The number of nitrogens with one attached hydrogen (secondary N) is 1. The molecular weight excluding hydrogens is 312 g/mol. The summed E-state index contributed by atoms with van der Waals surface area (Å²) in [7, 11) is 0. The normalized spacial score (nSPS) is 20.6. The first-order chi connectivity index (χ1) is 11.3. The second-order valence-electron chi connectivity index (χ2n) is 6.25. The predicted molar refractivity (Wildman–Crippen MR) is 90.8 cm³/mol. The third-order valence-corrected chi connectivity index (χ3v) is 5.46. The number of carbonyl (C=O) groups excluding carboxylic acids is 1. The maximum atomic E-state index is 12.2. The average Bonchev–Trinajstić information content (AvgIpc) is 3.10. The molecule has 0 aromatic carbocycles. The summed E-state index contributed by atoms with van der Waals surface area (Å²) in [5.41, 5.74) is 0. The van der Waals surface area contributed by atoms with E-state index in [-0.39, 0.29) is 6.03 Å². The first-order valence-corrected chi connectivity index (χ1v) is 9.40. The lowest BCUT2D eigenvalue weighted by Gasteiger charge is -2.36. The summed E-state index contributed by atoms with van der Waals surface area (Å²) in [6.45, 7) is 7.40. The maximum Gasteiger partial charge on any atom is 0.317 e. The van der Waals surface area contributed by atoms with Crippen molar-refractivity contribution in [2.24, 2.45) is 5.92 Å². The van der Waals surface area contributed by atoms with Crippen molar-refractivity contribution in [1.29, 1.82) is 0 Å². The number of morpholine rings is 1. The molecule has 6 nitrogen and oxygen atoms in total. The smallest absolute Gasteiger partial charge is 0.317 e. The van der Waals surface area contributed by atoms with Crippen molar-refractivity contribution in [2.45, 2.75) is 19.3 Å². The zero-order chi connectivity index (χ0) is 15.9. The fourth-order valence-electron chi connectivity index (χ4n) is 3.23. The molecule has 1 aromatic rings. The molecule has 0 aliphatic carbocycles. The Labute approximate surface area is 141 Å². The minimum Gasteiger partial charge on any atom is -0.379 e. The van der Waals surface area contributed by atoms with Crippen LogP contribution in [0.4, 0.5) is 4.79 Å². The van der Waals surface area contributed by atoms with Gasteiger partial charge >= 0.3 is 6.03 Å². The molecule has 0 saturated carbocycles. The number of urea groups is 1. The van der Waals surface area contributed by atoms with E-state index >= 15 is 0 Å². The van der Waals surface area contributed by atoms with Crippen molar-refractivity contribution in [1.82, 2.24) is 20.1 Å². The summed E-state index contributed by atoms with van der Waals surface area (Å²) >= 11 is 1.64. The van der Waals surface area contributed by atoms with E-state index < -0.39 is 0 Å². The van der Waals surface area contributed by atoms with Gasteiger partial charge in [0.2, 0.25) is 0 Å². The molecule has 0 radical (unpaired) electrons.